The Morgan fingerprint density at radius 3 is 2.37 bits per heavy atom. The fraction of sp³-hybridized carbons (Fsp3) is 0.846. The van der Waals surface area contributed by atoms with E-state index >= 15 is 0 Å². The first-order valence-corrected chi connectivity index (χ1v) is 6.58. The highest BCUT2D eigenvalue weighted by atomic mass is 16.6. The number of carbonyl (C=O) groups excluding carboxylic acids is 2. The van der Waals surface area contributed by atoms with Gasteiger partial charge in [-0.2, -0.15) is 0 Å². The zero-order chi connectivity index (χ0) is 14.6. The second-order valence-electron chi connectivity index (χ2n) is 5.59. The van der Waals surface area contributed by atoms with Crippen molar-refractivity contribution >= 4 is 12.1 Å². The molecule has 1 heterocycles. The van der Waals surface area contributed by atoms with Gasteiger partial charge in [0.2, 0.25) is 0 Å². The molecule has 0 unspecified atom stereocenters. The van der Waals surface area contributed by atoms with Crippen LogP contribution in [0.1, 0.15) is 27.7 Å². The Morgan fingerprint density at radius 2 is 1.89 bits per heavy atom. The van der Waals surface area contributed by atoms with Gasteiger partial charge in [-0.3, -0.25) is 9.69 Å². The molecule has 6 heteroatoms. The molecule has 1 atom stereocenters. The third kappa shape index (κ3) is 4.38. The summed E-state index contributed by atoms with van der Waals surface area (Å²) >= 11 is 0. The normalized spacial score (nSPS) is 21.1. The SMILES string of the molecule is CCN1CCN(C(=O)OC(C)(C)C)C[C@H]1C(=O)OC. The minimum atomic E-state index is -0.528. The van der Waals surface area contributed by atoms with Gasteiger partial charge in [-0.15, -0.1) is 0 Å². The largest absolute Gasteiger partial charge is 0.468 e. The summed E-state index contributed by atoms with van der Waals surface area (Å²) in [6.07, 6.45) is -0.378. The van der Waals surface area contributed by atoms with Crippen LogP contribution in [0.3, 0.4) is 0 Å². The molecular weight excluding hydrogens is 248 g/mol. The zero-order valence-corrected chi connectivity index (χ0v) is 12.4. The third-order valence-corrected chi connectivity index (χ3v) is 3.02. The van der Waals surface area contributed by atoms with E-state index in [9.17, 15) is 9.59 Å². The third-order valence-electron chi connectivity index (χ3n) is 3.02. The standard InChI is InChI=1S/C13H24N2O4/c1-6-14-7-8-15(9-10(14)11(16)18-5)12(17)19-13(2,3)4/h10H,6-9H2,1-5H3/t10-/m0/s1. The van der Waals surface area contributed by atoms with Gasteiger partial charge in [0.05, 0.1) is 13.7 Å². The van der Waals surface area contributed by atoms with E-state index in [2.05, 4.69) is 0 Å². The van der Waals surface area contributed by atoms with Gasteiger partial charge in [-0.05, 0) is 27.3 Å². The Kier molecular flexibility index (Phi) is 5.17. The maximum absolute atomic E-state index is 12.0. The smallest absolute Gasteiger partial charge is 0.410 e. The molecular formula is C13H24N2O4. The molecule has 0 saturated carbocycles. The minimum absolute atomic E-state index is 0.310. The number of nitrogens with zero attached hydrogens (tertiary/aromatic N) is 2. The van der Waals surface area contributed by atoms with E-state index in [0.717, 1.165) is 6.54 Å². The molecule has 0 spiro atoms. The second kappa shape index (κ2) is 6.23. The van der Waals surface area contributed by atoms with E-state index in [1.807, 2.05) is 32.6 Å². The Bertz CT molecular complexity index is 338. The lowest BCUT2D eigenvalue weighted by molar-refractivity contribution is -0.149. The van der Waals surface area contributed by atoms with Gasteiger partial charge in [0.25, 0.3) is 0 Å². The van der Waals surface area contributed by atoms with Crippen LogP contribution in [0.5, 0.6) is 0 Å². The lowest BCUT2D eigenvalue weighted by Gasteiger charge is -2.39. The summed E-state index contributed by atoms with van der Waals surface area (Å²) in [5.41, 5.74) is -0.528. The quantitative estimate of drug-likeness (QED) is 0.705. The van der Waals surface area contributed by atoms with Crippen molar-refractivity contribution in [1.29, 1.82) is 0 Å². The van der Waals surface area contributed by atoms with Crippen molar-refractivity contribution in [2.24, 2.45) is 0 Å². The highest BCUT2D eigenvalue weighted by molar-refractivity contribution is 5.77. The fourth-order valence-corrected chi connectivity index (χ4v) is 2.05. The van der Waals surface area contributed by atoms with Crippen LogP contribution in [-0.4, -0.2) is 66.8 Å². The summed E-state index contributed by atoms with van der Waals surface area (Å²) in [6, 6.07) is -0.406. The molecule has 19 heavy (non-hydrogen) atoms. The number of likely N-dealkylation sites (N-methyl/N-ethyl adjacent to an activating group) is 1. The number of ether oxygens (including phenoxy) is 2. The first-order valence-electron chi connectivity index (χ1n) is 6.58. The van der Waals surface area contributed by atoms with E-state index in [4.69, 9.17) is 9.47 Å². The zero-order valence-electron chi connectivity index (χ0n) is 12.4. The predicted octanol–water partition coefficient (Wildman–Crippen LogP) is 1.10. The fourth-order valence-electron chi connectivity index (χ4n) is 2.05. The number of rotatable bonds is 2. The summed E-state index contributed by atoms with van der Waals surface area (Å²) < 4.78 is 10.1. The molecule has 1 fully saturated rings. The number of piperazine rings is 1. The molecule has 1 saturated heterocycles. The molecule has 1 amide bonds. The van der Waals surface area contributed by atoms with Crippen molar-refractivity contribution in [2.75, 3.05) is 33.3 Å². The summed E-state index contributed by atoms with van der Waals surface area (Å²) in [4.78, 5) is 27.3. The van der Waals surface area contributed by atoms with Gasteiger partial charge in [0.1, 0.15) is 11.6 Å². The molecule has 0 N–H and O–H groups in total. The van der Waals surface area contributed by atoms with Crippen molar-refractivity contribution in [3.05, 3.63) is 0 Å². The van der Waals surface area contributed by atoms with E-state index < -0.39 is 11.6 Å². The van der Waals surface area contributed by atoms with Gasteiger partial charge >= 0.3 is 12.1 Å². The molecule has 1 rings (SSSR count). The Morgan fingerprint density at radius 1 is 1.26 bits per heavy atom. The van der Waals surface area contributed by atoms with Crippen LogP contribution in [0.2, 0.25) is 0 Å². The number of hydrogen-bond acceptors (Lipinski definition) is 5. The van der Waals surface area contributed by atoms with Crippen molar-refractivity contribution in [3.8, 4) is 0 Å². The maximum atomic E-state index is 12.0. The molecule has 1 aliphatic rings. The van der Waals surface area contributed by atoms with Crippen LogP contribution in [0, 0.1) is 0 Å². The van der Waals surface area contributed by atoms with E-state index in [1.54, 1.807) is 4.90 Å². The van der Waals surface area contributed by atoms with Crippen LogP contribution in [0.15, 0.2) is 0 Å². The van der Waals surface area contributed by atoms with Gasteiger partial charge < -0.3 is 14.4 Å². The van der Waals surface area contributed by atoms with Crippen LogP contribution in [0.25, 0.3) is 0 Å². The van der Waals surface area contributed by atoms with E-state index in [1.165, 1.54) is 7.11 Å². The number of methoxy groups -OCH3 is 1. The topological polar surface area (TPSA) is 59.1 Å². The summed E-state index contributed by atoms with van der Waals surface area (Å²) in [6.45, 7) is 9.74. The van der Waals surface area contributed by atoms with E-state index in [-0.39, 0.29) is 12.1 Å². The van der Waals surface area contributed by atoms with Gasteiger partial charge in [-0.1, -0.05) is 6.92 Å². The average molecular weight is 272 g/mol. The van der Waals surface area contributed by atoms with Crippen LogP contribution in [0.4, 0.5) is 4.79 Å². The molecule has 1 aliphatic heterocycles. The van der Waals surface area contributed by atoms with Crippen LogP contribution >= 0.6 is 0 Å². The van der Waals surface area contributed by atoms with Crippen LogP contribution in [-0.2, 0) is 14.3 Å². The number of esters is 1. The lowest BCUT2D eigenvalue weighted by Crippen LogP contribution is -2.58. The van der Waals surface area contributed by atoms with E-state index in [0.29, 0.717) is 19.6 Å². The minimum Gasteiger partial charge on any atom is -0.468 e. The van der Waals surface area contributed by atoms with Gasteiger partial charge in [0, 0.05) is 13.1 Å². The molecule has 0 bridgehead atoms. The van der Waals surface area contributed by atoms with Gasteiger partial charge in [-0.25, -0.2) is 4.79 Å². The first kappa shape index (κ1) is 15.8. The first-order chi connectivity index (χ1) is 8.78. The number of carbonyl (C=O) groups is 2. The maximum Gasteiger partial charge on any atom is 0.410 e. The molecule has 6 nitrogen and oxygen atoms in total. The second-order valence-corrected chi connectivity index (χ2v) is 5.59. The number of amides is 1. The van der Waals surface area contributed by atoms with Crippen molar-refractivity contribution in [1.82, 2.24) is 9.80 Å². The van der Waals surface area contributed by atoms with Crippen LogP contribution < -0.4 is 0 Å². The molecule has 0 aliphatic carbocycles. The summed E-state index contributed by atoms with van der Waals surface area (Å²) in [5.74, 6) is -0.310. The summed E-state index contributed by atoms with van der Waals surface area (Å²) in [5, 5.41) is 0. The number of hydrogen-bond donors (Lipinski definition) is 0. The Labute approximate surface area is 114 Å². The molecule has 0 aromatic heterocycles. The van der Waals surface area contributed by atoms with Crippen molar-refractivity contribution < 1.29 is 19.1 Å². The average Bonchev–Trinajstić information content (AvgIpc) is 2.35. The van der Waals surface area contributed by atoms with Crippen molar-refractivity contribution in [2.45, 2.75) is 39.3 Å². The van der Waals surface area contributed by atoms with Crippen molar-refractivity contribution in [3.63, 3.8) is 0 Å². The lowest BCUT2D eigenvalue weighted by atomic mass is 10.1. The Balaban J connectivity index is 2.69. The monoisotopic (exact) mass is 272 g/mol. The molecule has 0 radical (unpaired) electrons. The predicted molar refractivity (Wildman–Crippen MR) is 70.9 cm³/mol. The molecule has 110 valence electrons. The summed E-state index contributed by atoms with van der Waals surface area (Å²) in [7, 11) is 1.36. The highest BCUT2D eigenvalue weighted by Gasteiger charge is 2.35. The Hall–Kier alpha value is -1.30. The molecule has 0 aromatic carbocycles. The van der Waals surface area contributed by atoms with Gasteiger partial charge in [0.15, 0.2) is 0 Å². The highest BCUT2D eigenvalue weighted by Crippen LogP contribution is 2.15. The molecule has 0 aromatic rings.